The third-order valence-electron chi connectivity index (χ3n) is 5.07. The van der Waals surface area contributed by atoms with Gasteiger partial charge in [0.05, 0.1) is 12.5 Å². The van der Waals surface area contributed by atoms with Crippen LogP contribution in [0.25, 0.3) is 0 Å². The van der Waals surface area contributed by atoms with Gasteiger partial charge in [0.25, 0.3) is 0 Å². The van der Waals surface area contributed by atoms with E-state index in [1.165, 1.54) is 13.0 Å². The summed E-state index contributed by atoms with van der Waals surface area (Å²) < 4.78 is 43.2. The molecule has 1 amide bonds. The summed E-state index contributed by atoms with van der Waals surface area (Å²) in [5, 5.41) is 6.56. The van der Waals surface area contributed by atoms with E-state index in [1.807, 2.05) is 30.3 Å². The summed E-state index contributed by atoms with van der Waals surface area (Å²) in [7, 11) is 0. The lowest BCUT2D eigenvalue weighted by Crippen LogP contribution is -2.44. The fourth-order valence-electron chi connectivity index (χ4n) is 3.20. The van der Waals surface area contributed by atoms with Crippen LogP contribution in [0.5, 0.6) is 0 Å². The van der Waals surface area contributed by atoms with Gasteiger partial charge in [-0.1, -0.05) is 48.5 Å². The summed E-state index contributed by atoms with van der Waals surface area (Å²) >= 11 is 0. The Morgan fingerprint density at radius 1 is 1.06 bits per heavy atom. The highest BCUT2D eigenvalue weighted by molar-refractivity contribution is 5.68. The molecule has 34 heavy (non-hydrogen) atoms. The maximum Gasteiger partial charge on any atom is 0.407 e. The molecule has 3 aromatic rings. The molecule has 10 heteroatoms. The standard InChI is InChI=1S/C24H25F2N3O5/c1-15(11-22-28-23(34-29-22)12-18-19(25)9-6-10-20(18)26)21(14-32-16(2)30)27-24(31)33-13-17-7-4-3-5-8-17/h3-10,15,21H,11-14H2,1-2H3,(H,27,31). The molecule has 3 rings (SSSR count). The number of benzene rings is 2. The van der Waals surface area contributed by atoms with Crippen LogP contribution < -0.4 is 5.32 Å². The van der Waals surface area contributed by atoms with Crippen molar-refractivity contribution in [2.24, 2.45) is 5.92 Å². The molecule has 0 aliphatic rings. The van der Waals surface area contributed by atoms with E-state index in [0.717, 1.165) is 17.7 Å². The van der Waals surface area contributed by atoms with E-state index in [4.69, 9.17) is 14.0 Å². The molecule has 0 fully saturated rings. The molecule has 1 aromatic heterocycles. The molecule has 0 bridgehead atoms. The maximum atomic E-state index is 13.9. The Hall–Kier alpha value is -3.82. The molecule has 0 saturated heterocycles. The lowest BCUT2D eigenvalue weighted by Gasteiger charge is -2.23. The predicted molar refractivity (Wildman–Crippen MR) is 117 cm³/mol. The van der Waals surface area contributed by atoms with Crippen molar-refractivity contribution in [3.63, 3.8) is 0 Å². The van der Waals surface area contributed by atoms with Gasteiger partial charge in [0.15, 0.2) is 5.82 Å². The second-order valence-corrected chi connectivity index (χ2v) is 7.78. The quantitative estimate of drug-likeness (QED) is 0.444. The Morgan fingerprint density at radius 3 is 2.44 bits per heavy atom. The fraction of sp³-hybridized carbons (Fsp3) is 0.333. The normalized spacial score (nSPS) is 12.6. The molecule has 180 valence electrons. The number of hydrogen-bond donors (Lipinski definition) is 1. The van der Waals surface area contributed by atoms with Crippen LogP contribution in [0.15, 0.2) is 53.1 Å². The molecular formula is C24H25F2N3O5. The van der Waals surface area contributed by atoms with Gasteiger partial charge in [0, 0.05) is 18.9 Å². The van der Waals surface area contributed by atoms with Crippen LogP contribution in [-0.4, -0.2) is 34.9 Å². The maximum absolute atomic E-state index is 13.9. The summed E-state index contributed by atoms with van der Waals surface area (Å²) in [6.07, 6.45) is -0.619. The lowest BCUT2D eigenvalue weighted by atomic mass is 9.98. The number of hydrogen-bond acceptors (Lipinski definition) is 7. The molecule has 8 nitrogen and oxygen atoms in total. The van der Waals surface area contributed by atoms with Gasteiger partial charge in [-0.3, -0.25) is 4.79 Å². The highest BCUT2D eigenvalue weighted by Gasteiger charge is 2.24. The molecule has 2 unspecified atom stereocenters. The number of ether oxygens (including phenoxy) is 2. The van der Waals surface area contributed by atoms with Crippen LogP contribution in [-0.2, 0) is 33.7 Å². The van der Waals surface area contributed by atoms with Gasteiger partial charge in [0.1, 0.15) is 24.8 Å². The highest BCUT2D eigenvalue weighted by atomic mass is 19.1. The van der Waals surface area contributed by atoms with Crippen molar-refractivity contribution in [2.45, 2.75) is 39.3 Å². The van der Waals surface area contributed by atoms with Crippen LogP contribution in [0.2, 0.25) is 0 Å². The van der Waals surface area contributed by atoms with Crippen molar-refractivity contribution < 1.29 is 32.4 Å². The van der Waals surface area contributed by atoms with Gasteiger partial charge >= 0.3 is 12.1 Å². The molecule has 0 radical (unpaired) electrons. The topological polar surface area (TPSA) is 104 Å². The molecule has 0 aliphatic heterocycles. The minimum atomic E-state index is -0.701. The van der Waals surface area contributed by atoms with E-state index in [1.54, 1.807) is 6.92 Å². The van der Waals surface area contributed by atoms with E-state index >= 15 is 0 Å². The number of nitrogens with one attached hydrogen (secondary N) is 1. The van der Waals surface area contributed by atoms with Crippen molar-refractivity contribution in [2.75, 3.05) is 6.61 Å². The number of amides is 1. The minimum absolute atomic E-state index is 0.0537. The van der Waals surface area contributed by atoms with E-state index in [9.17, 15) is 18.4 Å². The molecular weight excluding hydrogens is 448 g/mol. The number of halogens is 2. The van der Waals surface area contributed by atoms with Crippen molar-refractivity contribution in [3.05, 3.63) is 83.0 Å². The molecule has 2 atom stereocenters. The molecule has 0 spiro atoms. The Bertz CT molecular complexity index is 1090. The zero-order chi connectivity index (χ0) is 24.5. The van der Waals surface area contributed by atoms with E-state index in [-0.39, 0.29) is 49.3 Å². The van der Waals surface area contributed by atoms with Gasteiger partial charge in [-0.05, 0) is 23.6 Å². The SMILES string of the molecule is CC(=O)OCC(NC(=O)OCc1ccccc1)C(C)Cc1noc(Cc2c(F)cccc2F)n1. The number of nitrogens with zero attached hydrogens (tertiary/aromatic N) is 2. The summed E-state index contributed by atoms with van der Waals surface area (Å²) in [4.78, 5) is 27.8. The number of carbonyl (C=O) groups is 2. The van der Waals surface area contributed by atoms with Crippen molar-refractivity contribution in [3.8, 4) is 0 Å². The van der Waals surface area contributed by atoms with Gasteiger partial charge in [-0.2, -0.15) is 4.98 Å². The van der Waals surface area contributed by atoms with Crippen LogP contribution in [0, 0.1) is 17.6 Å². The second kappa shape index (κ2) is 11.9. The molecule has 0 aliphatic carbocycles. The third-order valence-corrected chi connectivity index (χ3v) is 5.07. The van der Waals surface area contributed by atoms with E-state index < -0.39 is 29.7 Å². The van der Waals surface area contributed by atoms with Crippen molar-refractivity contribution in [1.82, 2.24) is 15.5 Å². The van der Waals surface area contributed by atoms with E-state index in [0.29, 0.717) is 0 Å². The first-order valence-corrected chi connectivity index (χ1v) is 10.7. The summed E-state index contributed by atoms with van der Waals surface area (Å²) in [6.45, 7) is 3.07. The largest absolute Gasteiger partial charge is 0.464 e. The first-order valence-electron chi connectivity index (χ1n) is 10.7. The fourth-order valence-corrected chi connectivity index (χ4v) is 3.20. The number of carbonyl (C=O) groups excluding carboxylic acids is 2. The zero-order valence-electron chi connectivity index (χ0n) is 18.8. The van der Waals surface area contributed by atoms with Crippen LogP contribution >= 0.6 is 0 Å². The number of alkyl carbamates (subject to hydrolysis) is 1. The molecule has 1 heterocycles. The lowest BCUT2D eigenvalue weighted by molar-refractivity contribution is -0.142. The van der Waals surface area contributed by atoms with E-state index in [2.05, 4.69) is 15.5 Å². The molecule has 2 aromatic carbocycles. The number of rotatable bonds is 10. The van der Waals surface area contributed by atoms with Crippen molar-refractivity contribution >= 4 is 12.1 Å². The van der Waals surface area contributed by atoms with Crippen LogP contribution in [0.4, 0.5) is 13.6 Å². The monoisotopic (exact) mass is 473 g/mol. The Labute approximate surface area is 195 Å². The summed E-state index contributed by atoms with van der Waals surface area (Å²) in [5.41, 5.74) is 0.661. The minimum Gasteiger partial charge on any atom is -0.464 e. The number of aromatic nitrogens is 2. The first kappa shape index (κ1) is 24.8. The van der Waals surface area contributed by atoms with Gasteiger partial charge in [-0.15, -0.1) is 0 Å². The Balaban J connectivity index is 1.60. The zero-order valence-corrected chi connectivity index (χ0v) is 18.8. The van der Waals surface area contributed by atoms with Crippen LogP contribution in [0.1, 0.15) is 36.7 Å². The average Bonchev–Trinajstić information content (AvgIpc) is 3.25. The predicted octanol–water partition coefficient (Wildman–Crippen LogP) is 3.98. The Kier molecular flexibility index (Phi) is 8.66. The van der Waals surface area contributed by atoms with Crippen LogP contribution in [0.3, 0.4) is 0 Å². The summed E-state index contributed by atoms with van der Waals surface area (Å²) in [6, 6.07) is 12.2. The first-order chi connectivity index (χ1) is 16.3. The average molecular weight is 473 g/mol. The molecule has 0 saturated carbocycles. The van der Waals surface area contributed by atoms with Crippen molar-refractivity contribution in [1.29, 1.82) is 0 Å². The summed E-state index contributed by atoms with van der Waals surface area (Å²) in [5.74, 6) is -1.85. The number of esters is 1. The smallest absolute Gasteiger partial charge is 0.407 e. The molecule has 1 N–H and O–H groups in total. The van der Waals surface area contributed by atoms with Gasteiger partial charge in [0.2, 0.25) is 5.89 Å². The van der Waals surface area contributed by atoms with Gasteiger partial charge in [-0.25, -0.2) is 13.6 Å². The second-order valence-electron chi connectivity index (χ2n) is 7.78. The highest BCUT2D eigenvalue weighted by Crippen LogP contribution is 2.17. The Morgan fingerprint density at radius 2 is 1.76 bits per heavy atom. The third kappa shape index (κ3) is 7.36. The van der Waals surface area contributed by atoms with Gasteiger partial charge < -0.3 is 19.3 Å².